The van der Waals surface area contributed by atoms with E-state index in [1.165, 1.54) is 199 Å². The molecule has 0 saturated carbocycles. The number of carbonyl (C=O) groups excluding carboxylic acids is 3. The molecule has 0 bridgehead atoms. The molecule has 0 amide bonds. The number of ether oxygens (including phenoxy) is 3. The molecule has 0 aliphatic carbocycles. The molecule has 368 valence electrons. The molecule has 0 aliphatic heterocycles. The van der Waals surface area contributed by atoms with Crippen LogP contribution in [-0.4, -0.2) is 37.2 Å². The molecule has 0 aromatic rings. The minimum Gasteiger partial charge on any atom is -0.462 e. The van der Waals surface area contributed by atoms with Crippen molar-refractivity contribution in [3.8, 4) is 0 Å². The smallest absolute Gasteiger partial charge is 0.306 e. The van der Waals surface area contributed by atoms with Crippen LogP contribution in [0.2, 0.25) is 0 Å². The SMILES string of the molecule is CCCCCCCCCCCCCCCCCCCCCC(=O)OC[C@H](COC(=O)CCCCCCCCCCCCCCC(C)C)OC(=O)CCCCCCCCC(C)CC. The summed E-state index contributed by atoms with van der Waals surface area (Å²) in [4.78, 5) is 38.0. The van der Waals surface area contributed by atoms with Gasteiger partial charge < -0.3 is 14.2 Å². The average Bonchev–Trinajstić information content (AvgIpc) is 3.26. The summed E-state index contributed by atoms with van der Waals surface area (Å²) in [5.74, 6) is 0.796. The van der Waals surface area contributed by atoms with Crippen molar-refractivity contribution < 1.29 is 28.6 Å². The fraction of sp³-hybridized carbons (Fsp3) is 0.946. The molecule has 0 heterocycles. The first-order valence-electron chi connectivity index (χ1n) is 27.8. The molecular weight excluding hydrogens is 769 g/mol. The van der Waals surface area contributed by atoms with E-state index in [9.17, 15) is 14.4 Å². The zero-order chi connectivity index (χ0) is 45.4. The Morgan fingerprint density at radius 1 is 0.339 bits per heavy atom. The van der Waals surface area contributed by atoms with Crippen molar-refractivity contribution in [2.45, 2.75) is 317 Å². The van der Waals surface area contributed by atoms with E-state index in [0.29, 0.717) is 19.3 Å². The first-order chi connectivity index (χ1) is 30.3. The van der Waals surface area contributed by atoms with Crippen LogP contribution < -0.4 is 0 Å². The highest BCUT2D eigenvalue weighted by Crippen LogP contribution is 2.18. The van der Waals surface area contributed by atoms with Crippen LogP contribution in [-0.2, 0) is 28.6 Å². The maximum absolute atomic E-state index is 12.8. The van der Waals surface area contributed by atoms with E-state index in [0.717, 1.165) is 69.6 Å². The van der Waals surface area contributed by atoms with Gasteiger partial charge in [-0.25, -0.2) is 0 Å². The highest BCUT2D eigenvalue weighted by atomic mass is 16.6. The van der Waals surface area contributed by atoms with Gasteiger partial charge in [0.2, 0.25) is 0 Å². The Balaban J connectivity index is 4.23. The summed E-state index contributed by atoms with van der Waals surface area (Å²) in [5, 5.41) is 0. The zero-order valence-corrected chi connectivity index (χ0v) is 42.5. The van der Waals surface area contributed by atoms with Gasteiger partial charge in [0, 0.05) is 19.3 Å². The van der Waals surface area contributed by atoms with Crippen LogP contribution in [0.5, 0.6) is 0 Å². The van der Waals surface area contributed by atoms with Crippen molar-refractivity contribution in [3.63, 3.8) is 0 Å². The van der Waals surface area contributed by atoms with Gasteiger partial charge in [-0.1, -0.05) is 272 Å². The van der Waals surface area contributed by atoms with E-state index in [1.54, 1.807) is 0 Å². The van der Waals surface area contributed by atoms with Gasteiger partial charge in [0.15, 0.2) is 6.10 Å². The third kappa shape index (κ3) is 47.9. The first kappa shape index (κ1) is 60.4. The fourth-order valence-electron chi connectivity index (χ4n) is 8.49. The molecule has 0 spiro atoms. The van der Waals surface area contributed by atoms with Crippen LogP contribution >= 0.6 is 0 Å². The van der Waals surface area contributed by atoms with E-state index in [2.05, 4.69) is 34.6 Å². The van der Waals surface area contributed by atoms with Crippen LogP contribution in [0.15, 0.2) is 0 Å². The molecule has 2 atom stereocenters. The maximum Gasteiger partial charge on any atom is 0.306 e. The third-order valence-electron chi connectivity index (χ3n) is 13.1. The topological polar surface area (TPSA) is 78.9 Å². The summed E-state index contributed by atoms with van der Waals surface area (Å²) in [6, 6.07) is 0. The lowest BCUT2D eigenvalue weighted by Crippen LogP contribution is -2.30. The lowest BCUT2D eigenvalue weighted by molar-refractivity contribution is -0.167. The van der Waals surface area contributed by atoms with Crippen LogP contribution in [0.1, 0.15) is 311 Å². The molecule has 0 aromatic carbocycles. The average molecular weight is 877 g/mol. The molecule has 0 fully saturated rings. The standard InChI is InChI=1S/C56H108O6/c1-6-8-9-10-11-12-13-14-15-16-17-18-19-20-24-27-30-36-41-46-54(57)60-49-53(62-56(59)48-43-38-33-32-35-40-45-52(5)7-2)50-61-55(58)47-42-37-31-28-25-22-21-23-26-29-34-39-44-51(3)4/h51-53H,6-50H2,1-5H3/t52?,53-/m1/s1. The van der Waals surface area contributed by atoms with E-state index in [-0.39, 0.29) is 31.1 Å². The Kier molecular flexibility index (Phi) is 47.6. The molecule has 1 unspecified atom stereocenters. The van der Waals surface area contributed by atoms with Gasteiger partial charge in [0.25, 0.3) is 0 Å². The van der Waals surface area contributed by atoms with E-state index in [1.807, 2.05) is 0 Å². The van der Waals surface area contributed by atoms with Crippen molar-refractivity contribution in [1.29, 1.82) is 0 Å². The second-order valence-electron chi connectivity index (χ2n) is 19.9. The molecule has 6 nitrogen and oxygen atoms in total. The quantitative estimate of drug-likeness (QED) is 0.0344. The first-order valence-corrected chi connectivity index (χ1v) is 27.8. The molecule has 62 heavy (non-hydrogen) atoms. The molecule has 0 saturated heterocycles. The predicted octanol–water partition coefficient (Wildman–Crippen LogP) is 18.1. The minimum atomic E-state index is -0.763. The van der Waals surface area contributed by atoms with Crippen LogP contribution in [0.4, 0.5) is 0 Å². The van der Waals surface area contributed by atoms with Crippen molar-refractivity contribution in [2.75, 3.05) is 13.2 Å². The van der Waals surface area contributed by atoms with Crippen molar-refractivity contribution in [1.82, 2.24) is 0 Å². The summed E-state index contributed by atoms with van der Waals surface area (Å²) in [6.07, 6.45) is 51.0. The molecule has 0 radical (unpaired) electrons. The van der Waals surface area contributed by atoms with Crippen LogP contribution in [0.25, 0.3) is 0 Å². The van der Waals surface area contributed by atoms with E-state index < -0.39 is 6.10 Å². The van der Waals surface area contributed by atoms with Gasteiger partial charge in [-0.15, -0.1) is 0 Å². The van der Waals surface area contributed by atoms with Crippen LogP contribution in [0.3, 0.4) is 0 Å². The normalized spacial score (nSPS) is 12.5. The third-order valence-corrected chi connectivity index (χ3v) is 13.1. The lowest BCUT2D eigenvalue weighted by Gasteiger charge is -2.18. The number of hydrogen-bond acceptors (Lipinski definition) is 6. The molecular formula is C56H108O6. The Hall–Kier alpha value is -1.59. The number of esters is 3. The second-order valence-corrected chi connectivity index (χ2v) is 19.9. The summed E-state index contributed by atoms with van der Waals surface area (Å²) in [6.45, 7) is 11.4. The molecule has 0 N–H and O–H groups in total. The summed E-state index contributed by atoms with van der Waals surface area (Å²) in [5.41, 5.74) is 0. The summed E-state index contributed by atoms with van der Waals surface area (Å²) >= 11 is 0. The largest absolute Gasteiger partial charge is 0.462 e. The minimum absolute atomic E-state index is 0.0642. The maximum atomic E-state index is 12.8. The van der Waals surface area contributed by atoms with Gasteiger partial charge in [-0.3, -0.25) is 14.4 Å². The zero-order valence-electron chi connectivity index (χ0n) is 42.5. The number of rotatable bonds is 50. The highest BCUT2D eigenvalue weighted by molar-refractivity contribution is 5.71. The lowest BCUT2D eigenvalue weighted by atomic mass is 10.00. The van der Waals surface area contributed by atoms with Crippen molar-refractivity contribution in [2.24, 2.45) is 11.8 Å². The van der Waals surface area contributed by atoms with Gasteiger partial charge in [0.05, 0.1) is 0 Å². The van der Waals surface area contributed by atoms with Gasteiger partial charge in [-0.2, -0.15) is 0 Å². The van der Waals surface area contributed by atoms with E-state index >= 15 is 0 Å². The Bertz CT molecular complexity index is 949. The van der Waals surface area contributed by atoms with E-state index in [4.69, 9.17) is 14.2 Å². The van der Waals surface area contributed by atoms with Gasteiger partial charge in [-0.05, 0) is 31.1 Å². The molecule has 0 aromatic heterocycles. The van der Waals surface area contributed by atoms with Gasteiger partial charge in [0.1, 0.15) is 13.2 Å². The number of unbranched alkanes of at least 4 members (excludes halogenated alkanes) is 34. The predicted molar refractivity (Wildman–Crippen MR) is 266 cm³/mol. The molecule has 0 rings (SSSR count). The van der Waals surface area contributed by atoms with Crippen molar-refractivity contribution in [3.05, 3.63) is 0 Å². The summed E-state index contributed by atoms with van der Waals surface area (Å²) in [7, 11) is 0. The van der Waals surface area contributed by atoms with Gasteiger partial charge >= 0.3 is 17.9 Å². The fourth-order valence-corrected chi connectivity index (χ4v) is 8.49. The Morgan fingerprint density at radius 2 is 0.613 bits per heavy atom. The number of hydrogen-bond donors (Lipinski definition) is 0. The molecule has 6 heteroatoms. The number of carbonyl (C=O) groups is 3. The second kappa shape index (κ2) is 48.9. The monoisotopic (exact) mass is 877 g/mol. The van der Waals surface area contributed by atoms with Crippen LogP contribution in [0, 0.1) is 11.8 Å². The Labute approximate surface area is 387 Å². The highest BCUT2D eigenvalue weighted by Gasteiger charge is 2.19. The van der Waals surface area contributed by atoms with Crippen molar-refractivity contribution >= 4 is 17.9 Å². The Morgan fingerprint density at radius 3 is 0.919 bits per heavy atom. The molecule has 0 aliphatic rings. The summed E-state index contributed by atoms with van der Waals surface area (Å²) < 4.78 is 16.8.